The minimum absolute atomic E-state index is 0.947. The van der Waals surface area contributed by atoms with Gasteiger partial charge < -0.3 is 4.52 Å². The third-order valence-electron chi connectivity index (χ3n) is 5.08. The summed E-state index contributed by atoms with van der Waals surface area (Å²) in [6, 6.07) is 0. The topological polar surface area (TPSA) is 9.23 Å². The van der Waals surface area contributed by atoms with E-state index in [0.717, 1.165) is 24.4 Å². The van der Waals surface area contributed by atoms with Gasteiger partial charge in [0.15, 0.2) is 0 Å². The quantitative estimate of drug-likeness (QED) is 0.632. The average Bonchev–Trinajstić information content (AvgIpc) is 2.42. The molecule has 2 saturated carbocycles. The minimum Gasteiger partial charge on any atom is -0.366 e. The van der Waals surface area contributed by atoms with Crippen molar-refractivity contribution in [1.82, 2.24) is 0 Å². The van der Waals surface area contributed by atoms with Crippen molar-refractivity contribution in [3.8, 4) is 0 Å². The molecule has 2 heteroatoms. The molecule has 17 heavy (non-hydrogen) atoms. The van der Waals surface area contributed by atoms with Crippen molar-refractivity contribution in [2.24, 2.45) is 17.8 Å². The first-order valence-corrected chi connectivity index (χ1v) is 8.20. The smallest absolute Gasteiger partial charge is 0.0504 e. The molecular weight excluding hydrogens is 227 g/mol. The molecular formula is C15H29OP. The molecule has 100 valence electrons. The molecule has 2 fully saturated rings. The molecule has 0 aromatic heterocycles. The van der Waals surface area contributed by atoms with Crippen LogP contribution in [0.1, 0.15) is 70.6 Å². The molecule has 1 atom stereocenters. The van der Waals surface area contributed by atoms with Crippen LogP contribution in [0.25, 0.3) is 0 Å². The summed E-state index contributed by atoms with van der Waals surface area (Å²) < 4.78 is 5.27. The molecule has 0 amide bonds. The highest BCUT2D eigenvalue weighted by Crippen LogP contribution is 2.41. The number of hydrogen-bond donors (Lipinski definition) is 0. The van der Waals surface area contributed by atoms with E-state index in [4.69, 9.17) is 4.52 Å². The highest BCUT2D eigenvalue weighted by atomic mass is 31.0. The molecule has 2 aliphatic carbocycles. The second-order valence-corrected chi connectivity index (χ2v) is 6.45. The zero-order chi connectivity index (χ0) is 11.9. The van der Waals surface area contributed by atoms with Gasteiger partial charge in [0.25, 0.3) is 0 Å². The third kappa shape index (κ3) is 4.21. The van der Waals surface area contributed by atoms with Crippen molar-refractivity contribution in [2.75, 3.05) is 6.61 Å². The fraction of sp³-hybridized carbons (Fsp3) is 1.00. The van der Waals surface area contributed by atoms with Crippen molar-refractivity contribution in [3.05, 3.63) is 0 Å². The van der Waals surface area contributed by atoms with Gasteiger partial charge in [-0.3, -0.25) is 0 Å². The van der Waals surface area contributed by atoms with Gasteiger partial charge in [-0.05, 0) is 24.2 Å². The first-order chi connectivity index (χ1) is 8.42. The van der Waals surface area contributed by atoms with Crippen LogP contribution in [0, 0.1) is 17.8 Å². The lowest BCUT2D eigenvalue weighted by Crippen LogP contribution is -2.28. The summed E-state index contributed by atoms with van der Waals surface area (Å²) in [5, 5.41) is 0. The van der Waals surface area contributed by atoms with E-state index in [1.165, 1.54) is 70.6 Å². The summed E-state index contributed by atoms with van der Waals surface area (Å²) in [4.78, 5) is 0. The molecule has 0 aromatic rings. The van der Waals surface area contributed by atoms with E-state index in [1.807, 2.05) is 0 Å². The summed E-state index contributed by atoms with van der Waals surface area (Å²) in [6.07, 6.45) is 16.2. The van der Waals surface area contributed by atoms with Gasteiger partial charge >= 0.3 is 0 Å². The molecule has 2 aliphatic rings. The first-order valence-electron chi connectivity index (χ1n) is 7.73. The maximum Gasteiger partial charge on any atom is 0.0504 e. The maximum atomic E-state index is 5.27. The van der Waals surface area contributed by atoms with Gasteiger partial charge in [0.2, 0.25) is 0 Å². The molecule has 0 aromatic carbocycles. The largest absolute Gasteiger partial charge is 0.366 e. The summed E-state index contributed by atoms with van der Waals surface area (Å²) in [6.45, 7) is 0.947. The second kappa shape index (κ2) is 7.74. The standard InChI is InChI=1S/C15H29OP/c17-16-12-11-15(13-7-3-1-4-8-13)14-9-5-2-6-10-14/h13-15H,1-12,17H2. The highest BCUT2D eigenvalue weighted by molar-refractivity contribution is 7.09. The monoisotopic (exact) mass is 256 g/mol. The average molecular weight is 256 g/mol. The van der Waals surface area contributed by atoms with Crippen LogP contribution in [0.5, 0.6) is 0 Å². The highest BCUT2D eigenvalue weighted by Gasteiger charge is 2.30. The lowest BCUT2D eigenvalue weighted by Gasteiger charge is -2.37. The van der Waals surface area contributed by atoms with Crippen molar-refractivity contribution in [1.29, 1.82) is 0 Å². The van der Waals surface area contributed by atoms with Crippen LogP contribution >= 0.6 is 9.47 Å². The van der Waals surface area contributed by atoms with Gasteiger partial charge in [-0.15, -0.1) is 0 Å². The molecule has 0 saturated heterocycles. The Labute approximate surface area is 109 Å². The van der Waals surface area contributed by atoms with Crippen LogP contribution < -0.4 is 0 Å². The Morgan fingerprint density at radius 2 is 1.29 bits per heavy atom. The fourth-order valence-electron chi connectivity index (χ4n) is 4.19. The number of rotatable bonds is 5. The van der Waals surface area contributed by atoms with Gasteiger partial charge in [0.05, 0.1) is 6.61 Å². The Balaban J connectivity index is 1.90. The second-order valence-electron chi connectivity index (χ2n) is 6.12. The zero-order valence-corrected chi connectivity index (χ0v) is 12.4. The lowest BCUT2D eigenvalue weighted by molar-refractivity contribution is 0.120. The summed E-state index contributed by atoms with van der Waals surface area (Å²) in [7, 11) is 2.42. The van der Waals surface area contributed by atoms with E-state index in [9.17, 15) is 0 Å². The van der Waals surface area contributed by atoms with Crippen LogP contribution in [0.15, 0.2) is 0 Å². The van der Waals surface area contributed by atoms with E-state index in [0.29, 0.717) is 0 Å². The van der Waals surface area contributed by atoms with Crippen LogP contribution in [0.4, 0.5) is 0 Å². The molecule has 0 bridgehead atoms. The Hall–Kier alpha value is 0.390. The van der Waals surface area contributed by atoms with Crippen LogP contribution in [-0.2, 0) is 4.52 Å². The first kappa shape index (κ1) is 13.8. The zero-order valence-electron chi connectivity index (χ0n) is 11.2. The van der Waals surface area contributed by atoms with Crippen molar-refractivity contribution in [2.45, 2.75) is 70.6 Å². The van der Waals surface area contributed by atoms with Crippen molar-refractivity contribution in [3.63, 3.8) is 0 Å². The molecule has 0 spiro atoms. The Kier molecular flexibility index (Phi) is 6.29. The van der Waals surface area contributed by atoms with Gasteiger partial charge in [0.1, 0.15) is 0 Å². The van der Waals surface area contributed by atoms with E-state index < -0.39 is 0 Å². The molecule has 2 rings (SSSR count). The predicted octanol–water partition coefficient (Wildman–Crippen LogP) is 4.96. The van der Waals surface area contributed by atoms with E-state index >= 15 is 0 Å². The number of hydrogen-bond acceptors (Lipinski definition) is 1. The van der Waals surface area contributed by atoms with Crippen molar-refractivity contribution >= 4 is 9.47 Å². The summed E-state index contributed by atoms with van der Waals surface area (Å²) >= 11 is 0. The van der Waals surface area contributed by atoms with Crippen LogP contribution in [0.3, 0.4) is 0 Å². The normalized spacial score (nSPS) is 24.4. The van der Waals surface area contributed by atoms with Gasteiger partial charge in [0, 0.05) is 9.47 Å². The SMILES string of the molecule is POCCC(C1CCCCC1)C1CCCCC1. The van der Waals surface area contributed by atoms with E-state index in [-0.39, 0.29) is 0 Å². The minimum atomic E-state index is 0.947. The summed E-state index contributed by atoms with van der Waals surface area (Å²) in [5.74, 6) is 3.01. The predicted molar refractivity (Wildman–Crippen MR) is 76.9 cm³/mol. The lowest BCUT2D eigenvalue weighted by atomic mass is 9.68. The molecule has 0 N–H and O–H groups in total. The van der Waals surface area contributed by atoms with Gasteiger partial charge in [-0.2, -0.15) is 0 Å². The Bertz CT molecular complexity index is 177. The van der Waals surface area contributed by atoms with Gasteiger partial charge in [-0.25, -0.2) is 0 Å². The molecule has 0 radical (unpaired) electrons. The molecule has 1 unspecified atom stereocenters. The van der Waals surface area contributed by atoms with Crippen molar-refractivity contribution < 1.29 is 4.52 Å². The Morgan fingerprint density at radius 1 is 0.824 bits per heavy atom. The Morgan fingerprint density at radius 3 is 1.71 bits per heavy atom. The molecule has 0 aliphatic heterocycles. The van der Waals surface area contributed by atoms with Crippen LogP contribution in [0.2, 0.25) is 0 Å². The summed E-state index contributed by atoms with van der Waals surface area (Å²) in [5.41, 5.74) is 0. The third-order valence-corrected chi connectivity index (χ3v) is 5.32. The molecule has 1 nitrogen and oxygen atoms in total. The maximum absolute atomic E-state index is 5.27. The molecule has 0 heterocycles. The van der Waals surface area contributed by atoms with Gasteiger partial charge in [-0.1, -0.05) is 64.2 Å². The van der Waals surface area contributed by atoms with Crippen LogP contribution in [-0.4, -0.2) is 6.61 Å². The fourth-order valence-corrected chi connectivity index (χ4v) is 4.32. The van der Waals surface area contributed by atoms with E-state index in [2.05, 4.69) is 9.47 Å². The van der Waals surface area contributed by atoms with E-state index in [1.54, 1.807) is 0 Å².